The van der Waals surface area contributed by atoms with Gasteiger partial charge in [0.05, 0.1) is 57.2 Å². The molecule has 0 spiro atoms. The van der Waals surface area contributed by atoms with Crippen LogP contribution in [0.2, 0.25) is 0 Å². The fourth-order valence-electron chi connectivity index (χ4n) is 7.56. The van der Waals surface area contributed by atoms with Gasteiger partial charge < -0.3 is 9.13 Å². The molecule has 9 rings (SSSR count). The van der Waals surface area contributed by atoms with Gasteiger partial charge in [0.25, 0.3) is 0 Å². The lowest BCUT2D eigenvalue weighted by Crippen LogP contribution is -2.01. The Balaban J connectivity index is 1.34. The number of nitrogens with zero attached hydrogens (tertiary/aromatic N) is 5. The van der Waals surface area contributed by atoms with E-state index in [2.05, 4.69) is 80.7 Å². The number of para-hydroxylation sites is 4. The number of rotatable bonds is 4. The molecule has 9 aromatic rings. The number of nitriles is 2. The van der Waals surface area contributed by atoms with Gasteiger partial charge in [0, 0.05) is 32.7 Å². The Bertz CT molecular complexity index is 2920. The van der Waals surface area contributed by atoms with Crippen molar-refractivity contribution in [2.45, 2.75) is 0 Å². The van der Waals surface area contributed by atoms with Crippen molar-refractivity contribution < 1.29 is 0 Å². The molecule has 0 radical (unpaired) electrons. The van der Waals surface area contributed by atoms with E-state index in [0.29, 0.717) is 22.4 Å². The maximum Gasteiger partial charge on any atom is 0.196 e. The molecule has 7 aromatic carbocycles. The summed E-state index contributed by atoms with van der Waals surface area (Å²) in [5.41, 5.74) is 10.4. The summed E-state index contributed by atoms with van der Waals surface area (Å²) in [7, 11) is 0. The maximum absolute atomic E-state index is 11.0. The summed E-state index contributed by atoms with van der Waals surface area (Å²) in [4.78, 5) is 3.97. The summed E-state index contributed by atoms with van der Waals surface area (Å²) in [5.74, 6) is 0. The first-order chi connectivity index (χ1) is 24.7. The smallest absolute Gasteiger partial charge is 0.196 e. The van der Waals surface area contributed by atoms with Crippen LogP contribution in [0, 0.1) is 29.2 Å². The van der Waals surface area contributed by atoms with Crippen LogP contribution in [0.3, 0.4) is 0 Å². The van der Waals surface area contributed by atoms with Crippen LogP contribution in [-0.4, -0.2) is 9.13 Å². The van der Waals surface area contributed by atoms with E-state index in [1.807, 2.05) is 97.1 Å². The molecule has 0 atom stereocenters. The lowest BCUT2D eigenvalue weighted by molar-refractivity contribution is 1.17. The van der Waals surface area contributed by atoms with Crippen molar-refractivity contribution in [3.05, 3.63) is 174 Å². The summed E-state index contributed by atoms with van der Waals surface area (Å²) >= 11 is 0. The summed E-state index contributed by atoms with van der Waals surface area (Å²) in [5, 5.41) is 24.9. The van der Waals surface area contributed by atoms with Gasteiger partial charge in [-0.05, 0) is 59.7 Å². The van der Waals surface area contributed by atoms with Gasteiger partial charge in [-0.3, -0.25) is 0 Å². The molecular weight excluding hydrogens is 611 g/mol. The average Bonchev–Trinajstić information content (AvgIpc) is 3.69. The third-order valence-electron chi connectivity index (χ3n) is 9.65. The first kappa shape index (κ1) is 28.8. The lowest BCUT2D eigenvalue weighted by atomic mass is 9.89. The minimum absolute atomic E-state index is 0.414. The Kier molecular flexibility index (Phi) is 6.56. The summed E-state index contributed by atoms with van der Waals surface area (Å²) in [6, 6.07) is 55.4. The van der Waals surface area contributed by atoms with Crippen molar-refractivity contribution >= 4 is 49.3 Å². The van der Waals surface area contributed by atoms with Crippen LogP contribution in [-0.2, 0) is 0 Å². The molecular formula is C45H25N5. The zero-order valence-corrected chi connectivity index (χ0v) is 26.7. The molecule has 0 aliphatic carbocycles. The molecule has 0 N–H and O–H groups in total. The molecule has 230 valence electrons. The second-order valence-corrected chi connectivity index (χ2v) is 12.2. The van der Waals surface area contributed by atoms with Crippen molar-refractivity contribution in [2.75, 3.05) is 0 Å². The largest absolute Gasteiger partial charge is 0.309 e. The molecule has 0 aliphatic rings. The molecule has 0 fully saturated rings. The Morgan fingerprint density at radius 3 is 1.60 bits per heavy atom. The molecule has 2 aromatic heterocycles. The third-order valence-corrected chi connectivity index (χ3v) is 9.65. The highest BCUT2D eigenvalue weighted by Crippen LogP contribution is 2.45. The monoisotopic (exact) mass is 635 g/mol. The Hall–Kier alpha value is -7.39. The second-order valence-electron chi connectivity index (χ2n) is 12.2. The van der Waals surface area contributed by atoms with Crippen LogP contribution >= 0.6 is 0 Å². The van der Waals surface area contributed by atoms with Crippen LogP contribution in [0.25, 0.3) is 82.1 Å². The Labute approximate surface area is 288 Å². The molecule has 5 heteroatoms. The van der Waals surface area contributed by atoms with E-state index in [1.54, 1.807) is 0 Å². The summed E-state index contributed by atoms with van der Waals surface area (Å²) in [6.07, 6.45) is 0. The van der Waals surface area contributed by atoms with E-state index < -0.39 is 0 Å². The first-order valence-electron chi connectivity index (χ1n) is 16.3. The Morgan fingerprint density at radius 1 is 0.460 bits per heavy atom. The molecule has 0 unspecified atom stereocenters. The van der Waals surface area contributed by atoms with Crippen LogP contribution in [0.5, 0.6) is 0 Å². The topological polar surface area (TPSA) is 61.8 Å². The molecule has 5 nitrogen and oxygen atoms in total. The molecule has 50 heavy (non-hydrogen) atoms. The summed E-state index contributed by atoms with van der Waals surface area (Å²) in [6.45, 7) is 8.24. The average molecular weight is 636 g/mol. The van der Waals surface area contributed by atoms with Gasteiger partial charge in [0.15, 0.2) is 5.69 Å². The van der Waals surface area contributed by atoms with Crippen molar-refractivity contribution in [1.29, 1.82) is 10.5 Å². The highest BCUT2D eigenvalue weighted by atomic mass is 15.0. The van der Waals surface area contributed by atoms with E-state index in [-0.39, 0.29) is 0 Å². The number of benzene rings is 7. The molecule has 0 aliphatic heterocycles. The van der Waals surface area contributed by atoms with Gasteiger partial charge in [-0.1, -0.05) is 103 Å². The standard InChI is InChI=1S/C45H25N5/c1-48-38-23-25-44(50-40-19-9-5-14-32(40)33-15-6-10-20-41(33)50)37(28-47)45(38)35-17-3-2-12-30(35)31-13-4-8-18-39(31)49-42-21-11-7-16-34(42)36-26-29(27-46)22-24-43(36)49/h2-26H. The van der Waals surface area contributed by atoms with Gasteiger partial charge in [0.1, 0.15) is 6.07 Å². The highest BCUT2D eigenvalue weighted by Gasteiger charge is 2.23. The van der Waals surface area contributed by atoms with Gasteiger partial charge >= 0.3 is 0 Å². The number of aromatic nitrogens is 2. The SMILES string of the molecule is [C-]#[N+]c1ccc(-n2c3ccccc3c3ccccc32)c(C#N)c1-c1ccccc1-c1ccccc1-n1c2ccccc2c2cc(C#N)ccc21. The van der Waals surface area contributed by atoms with Crippen LogP contribution in [0.1, 0.15) is 11.1 Å². The molecule has 0 bridgehead atoms. The molecule has 0 amide bonds. The van der Waals surface area contributed by atoms with Crippen molar-refractivity contribution in [3.8, 4) is 45.8 Å². The second kappa shape index (κ2) is 11.4. The van der Waals surface area contributed by atoms with Crippen LogP contribution < -0.4 is 0 Å². The van der Waals surface area contributed by atoms with E-state index in [0.717, 1.165) is 71.7 Å². The van der Waals surface area contributed by atoms with E-state index in [4.69, 9.17) is 6.57 Å². The van der Waals surface area contributed by atoms with Crippen molar-refractivity contribution in [1.82, 2.24) is 9.13 Å². The van der Waals surface area contributed by atoms with Gasteiger partial charge in [-0.15, -0.1) is 0 Å². The van der Waals surface area contributed by atoms with E-state index in [9.17, 15) is 10.5 Å². The normalized spacial score (nSPS) is 11.1. The minimum Gasteiger partial charge on any atom is -0.309 e. The third kappa shape index (κ3) is 4.17. The van der Waals surface area contributed by atoms with E-state index in [1.165, 1.54) is 0 Å². The zero-order valence-electron chi connectivity index (χ0n) is 26.7. The van der Waals surface area contributed by atoms with Crippen LogP contribution in [0.15, 0.2) is 152 Å². The molecule has 2 heterocycles. The molecule has 0 saturated carbocycles. The number of hydrogen-bond donors (Lipinski definition) is 0. The summed E-state index contributed by atoms with van der Waals surface area (Å²) < 4.78 is 4.39. The van der Waals surface area contributed by atoms with Gasteiger partial charge in [-0.2, -0.15) is 10.5 Å². The predicted octanol–water partition coefficient (Wildman–Crippen LogP) is 11.5. The number of hydrogen-bond acceptors (Lipinski definition) is 2. The number of fused-ring (bicyclic) bond motifs is 6. The maximum atomic E-state index is 11.0. The van der Waals surface area contributed by atoms with Crippen molar-refractivity contribution in [2.24, 2.45) is 0 Å². The lowest BCUT2D eigenvalue weighted by Gasteiger charge is -2.20. The Morgan fingerprint density at radius 2 is 0.980 bits per heavy atom. The minimum atomic E-state index is 0.414. The van der Waals surface area contributed by atoms with Crippen LogP contribution in [0.4, 0.5) is 5.69 Å². The first-order valence-corrected chi connectivity index (χ1v) is 16.3. The van der Waals surface area contributed by atoms with Gasteiger partial charge in [-0.25, -0.2) is 4.85 Å². The fraction of sp³-hybridized carbons (Fsp3) is 0. The van der Waals surface area contributed by atoms with E-state index >= 15 is 0 Å². The zero-order chi connectivity index (χ0) is 33.8. The predicted molar refractivity (Wildman–Crippen MR) is 202 cm³/mol. The highest BCUT2D eigenvalue weighted by molar-refractivity contribution is 6.11. The fourth-order valence-corrected chi connectivity index (χ4v) is 7.56. The molecule has 0 saturated heterocycles. The van der Waals surface area contributed by atoms with Gasteiger partial charge in [0.2, 0.25) is 0 Å². The quantitative estimate of drug-likeness (QED) is 0.181. The van der Waals surface area contributed by atoms with Crippen molar-refractivity contribution in [3.63, 3.8) is 0 Å².